The van der Waals surface area contributed by atoms with Crippen LogP contribution >= 0.6 is 0 Å². The molecule has 0 aliphatic carbocycles. The zero-order chi connectivity index (χ0) is 12.3. The summed E-state index contributed by atoms with van der Waals surface area (Å²) in [6.07, 6.45) is 1.12. The molecule has 0 spiro atoms. The molecule has 92 valence electrons. The zero-order valence-corrected chi connectivity index (χ0v) is 9.80. The molecule has 0 saturated carbocycles. The molecule has 1 heterocycles. The molecule has 17 heavy (non-hydrogen) atoms. The van der Waals surface area contributed by atoms with Crippen LogP contribution in [0.25, 0.3) is 0 Å². The van der Waals surface area contributed by atoms with Crippen molar-refractivity contribution >= 4 is 5.97 Å². The van der Waals surface area contributed by atoms with Crippen LogP contribution in [0.1, 0.15) is 22.3 Å². The van der Waals surface area contributed by atoms with Crippen molar-refractivity contribution in [2.45, 2.75) is 13.0 Å². The van der Waals surface area contributed by atoms with Crippen molar-refractivity contribution in [3.05, 3.63) is 35.4 Å². The highest BCUT2D eigenvalue weighted by Gasteiger charge is 2.22. The van der Waals surface area contributed by atoms with Gasteiger partial charge in [0, 0.05) is 13.1 Å². The van der Waals surface area contributed by atoms with E-state index in [-0.39, 0.29) is 0 Å². The SMILES string of the molecule is NCC1CCN(Cc2ccccc2C(=O)O)C1. The zero-order valence-electron chi connectivity index (χ0n) is 9.80. The Morgan fingerprint density at radius 1 is 1.47 bits per heavy atom. The molecule has 1 atom stereocenters. The number of carbonyl (C=O) groups is 1. The van der Waals surface area contributed by atoms with Gasteiger partial charge in [-0.1, -0.05) is 18.2 Å². The number of benzene rings is 1. The third-order valence-corrected chi connectivity index (χ3v) is 3.35. The largest absolute Gasteiger partial charge is 0.478 e. The Bertz CT molecular complexity index is 406. The minimum atomic E-state index is -0.852. The first-order valence-corrected chi connectivity index (χ1v) is 5.94. The van der Waals surface area contributed by atoms with Gasteiger partial charge >= 0.3 is 5.97 Å². The second-order valence-electron chi connectivity index (χ2n) is 4.59. The van der Waals surface area contributed by atoms with E-state index in [1.807, 2.05) is 12.1 Å². The van der Waals surface area contributed by atoms with Crippen molar-refractivity contribution in [1.82, 2.24) is 4.90 Å². The lowest BCUT2D eigenvalue weighted by Gasteiger charge is -2.17. The number of hydrogen-bond acceptors (Lipinski definition) is 3. The Morgan fingerprint density at radius 2 is 2.24 bits per heavy atom. The van der Waals surface area contributed by atoms with Crippen molar-refractivity contribution < 1.29 is 9.90 Å². The van der Waals surface area contributed by atoms with E-state index in [1.165, 1.54) is 0 Å². The van der Waals surface area contributed by atoms with Gasteiger partial charge in [-0.2, -0.15) is 0 Å². The standard InChI is InChI=1S/C13H18N2O2/c14-7-10-5-6-15(8-10)9-11-3-1-2-4-12(11)13(16)17/h1-4,10H,5-9,14H2,(H,16,17). The molecule has 1 aliphatic rings. The molecule has 1 aromatic rings. The van der Waals surface area contributed by atoms with Gasteiger partial charge in [0.05, 0.1) is 5.56 Å². The van der Waals surface area contributed by atoms with Gasteiger partial charge in [-0.3, -0.25) is 4.90 Å². The van der Waals surface area contributed by atoms with Gasteiger partial charge in [-0.05, 0) is 37.1 Å². The Labute approximate surface area is 101 Å². The summed E-state index contributed by atoms with van der Waals surface area (Å²) in [6.45, 7) is 3.41. The van der Waals surface area contributed by atoms with Gasteiger partial charge in [0.15, 0.2) is 0 Å². The lowest BCUT2D eigenvalue weighted by atomic mass is 10.1. The molecule has 3 N–H and O–H groups in total. The fraction of sp³-hybridized carbons (Fsp3) is 0.462. The average molecular weight is 234 g/mol. The van der Waals surface area contributed by atoms with Crippen LogP contribution in [0.4, 0.5) is 0 Å². The van der Waals surface area contributed by atoms with Gasteiger partial charge < -0.3 is 10.8 Å². The minimum Gasteiger partial charge on any atom is -0.478 e. The molecule has 0 radical (unpaired) electrons. The average Bonchev–Trinajstić information content (AvgIpc) is 2.77. The van der Waals surface area contributed by atoms with Gasteiger partial charge in [0.25, 0.3) is 0 Å². The third kappa shape index (κ3) is 2.84. The summed E-state index contributed by atoms with van der Waals surface area (Å²) in [4.78, 5) is 13.4. The Hall–Kier alpha value is -1.39. The molecule has 1 fully saturated rings. The first kappa shape index (κ1) is 12.1. The topological polar surface area (TPSA) is 66.6 Å². The van der Waals surface area contributed by atoms with Gasteiger partial charge in [-0.15, -0.1) is 0 Å². The van der Waals surface area contributed by atoms with Crippen LogP contribution in [-0.4, -0.2) is 35.6 Å². The van der Waals surface area contributed by atoms with Crippen LogP contribution in [0.15, 0.2) is 24.3 Å². The monoisotopic (exact) mass is 234 g/mol. The Kier molecular flexibility index (Phi) is 3.76. The molecule has 4 nitrogen and oxygen atoms in total. The number of aromatic carboxylic acids is 1. The van der Waals surface area contributed by atoms with E-state index in [0.717, 1.165) is 31.6 Å². The van der Waals surface area contributed by atoms with Crippen LogP contribution in [0.3, 0.4) is 0 Å². The lowest BCUT2D eigenvalue weighted by molar-refractivity contribution is 0.0694. The van der Waals surface area contributed by atoms with Crippen LogP contribution in [-0.2, 0) is 6.54 Å². The van der Waals surface area contributed by atoms with Crippen LogP contribution in [0.2, 0.25) is 0 Å². The number of carboxylic acids is 1. The van der Waals surface area contributed by atoms with Crippen LogP contribution in [0.5, 0.6) is 0 Å². The summed E-state index contributed by atoms with van der Waals surface area (Å²) in [5.41, 5.74) is 6.94. The predicted molar refractivity (Wildman–Crippen MR) is 65.8 cm³/mol. The lowest BCUT2D eigenvalue weighted by Crippen LogP contribution is -2.23. The molecule has 0 amide bonds. The number of rotatable bonds is 4. The summed E-state index contributed by atoms with van der Waals surface area (Å²) in [5.74, 6) is -0.290. The number of likely N-dealkylation sites (tertiary alicyclic amines) is 1. The predicted octanol–water partition coefficient (Wildman–Crippen LogP) is 1.17. The van der Waals surface area contributed by atoms with Crippen LogP contribution in [0, 0.1) is 5.92 Å². The van der Waals surface area contributed by atoms with E-state index in [4.69, 9.17) is 10.8 Å². The fourth-order valence-corrected chi connectivity index (χ4v) is 2.36. The maximum Gasteiger partial charge on any atom is 0.336 e. The highest BCUT2D eigenvalue weighted by Crippen LogP contribution is 2.19. The highest BCUT2D eigenvalue weighted by atomic mass is 16.4. The summed E-state index contributed by atoms with van der Waals surface area (Å²) < 4.78 is 0. The maximum absolute atomic E-state index is 11.1. The molecular formula is C13H18N2O2. The van der Waals surface area contributed by atoms with Crippen molar-refractivity contribution in [3.63, 3.8) is 0 Å². The first-order valence-electron chi connectivity index (χ1n) is 5.94. The van der Waals surface area contributed by atoms with Crippen molar-refractivity contribution in [3.8, 4) is 0 Å². The third-order valence-electron chi connectivity index (χ3n) is 3.35. The second-order valence-corrected chi connectivity index (χ2v) is 4.59. The smallest absolute Gasteiger partial charge is 0.336 e. The van der Waals surface area contributed by atoms with Crippen LogP contribution < -0.4 is 5.73 Å². The summed E-state index contributed by atoms with van der Waals surface area (Å²) in [5, 5.41) is 9.10. The Balaban J connectivity index is 2.06. The minimum absolute atomic E-state index is 0.406. The van der Waals surface area contributed by atoms with Gasteiger partial charge in [0.1, 0.15) is 0 Å². The Morgan fingerprint density at radius 3 is 2.88 bits per heavy atom. The number of carboxylic acid groups (broad SMARTS) is 1. The van der Waals surface area contributed by atoms with Crippen molar-refractivity contribution in [2.75, 3.05) is 19.6 Å². The second kappa shape index (κ2) is 5.29. The van der Waals surface area contributed by atoms with Gasteiger partial charge in [0.2, 0.25) is 0 Å². The molecule has 4 heteroatoms. The molecule has 1 saturated heterocycles. The molecule has 1 unspecified atom stereocenters. The molecule has 1 aliphatic heterocycles. The van der Waals surface area contributed by atoms with E-state index in [2.05, 4.69) is 4.90 Å². The molecule has 1 aromatic carbocycles. The molecule has 0 aromatic heterocycles. The maximum atomic E-state index is 11.1. The van der Waals surface area contributed by atoms with Gasteiger partial charge in [-0.25, -0.2) is 4.79 Å². The van der Waals surface area contributed by atoms with E-state index < -0.39 is 5.97 Å². The van der Waals surface area contributed by atoms with E-state index in [0.29, 0.717) is 18.0 Å². The van der Waals surface area contributed by atoms with Crippen molar-refractivity contribution in [2.24, 2.45) is 11.7 Å². The molecule has 2 rings (SSSR count). The molecule has 0 bridgehead atoms. The molecular weight excluding hydrogens is 216 g/mol. The number of hydrogen-bond donors (Lipinski definition) is 2. The number of nitrogens with two attached hydrogens (primary N) is 1. The first-order chi connectivity index (χ1) is 8.20. The van der Waals surface area contributed by atoms with E-state index in [9.17, 15) is 4.79 Å². The quantitative estimate of drug-likeness (QED) is 0.820. The number of nitrogens with zero attached hydrogens (tertiary/aromatic N) is 1. The summed E-state index contributed by atoms with van der Waals surface area (Å²) >= 11 is 0. The van der Waals surface area contributed by atoms with E-state index >= 15 is 0 Å². The highest BCUT2D eigenvalue weighted by molar-refractivity contribution is 5.89. The summed E-state index contributed by atoms with van der Waals surface area (Å²) in [6, 6.07) is 7.20. The van der Waals surface area contributed by atoms with Crippen molar-refractivity contribution in [1.29, 1.82) is 0 Å². The normalized spacial score (nSPS) is 20.6. The summed E-state index contributed by atoms with van der Waals surface area (Å²) in [7, 11) is 0. The fourth-order valence-electron chi connectivity index (χ4n) is 2.36. The van der Waals surface area contributed by atoms with E-state index in [1.54, 1.807) is 12.1 Å².